The summed E-state index contributed by atoms with van der Waals surface area (Å²) >= 11 is 0. The highest BCUT2D eigenvalue weighted by Crippen LogP contribution is 2.28. The van der Waals surface area contributed by atoms with Gasteiger partial charge >= 0.3 is 0 Å². The minimum absolute atomic E-state index is 0.0311. The van der Waals surface area contributed by atoms with Crippen molar-refractivity contribution in [3.63, 3.8) is 0 Å². The van der Waals surface area contributed by atoms with E-state index in [9.17, 15) is 9.59 Å². The van der Waals surface area contributed by atoms with Gasteiger partial charge in [0.05, 0.1) is 0 Å². The Kier molecular flexibility index (Phi) is 4.17. The van der Waals surface area contributed by atoms with Gasteiger partial charge in [0, 0.05) is 23.7 Å². The smallest absolute Gasteiger partial charge is 0.287 e. The molecule has 130 valence electrons. The molecule has 5 heteroatoms. The van der Waals surface area contributed by atoms with Crippen LogP contribution in [0.15, 0.2) is 40.8 Å². The molecule has 25 heavy (non-hydrogen) atoms. The van der Waals surface area contributed by atoms with Gasteiger partial charge in [0.2, 0.25) is 0 Å². The van der Waals surface area contributed by atoms with E-state index in [0.29, 0.717) is 23.0 Å². The molecule has 3 saturated heterocycles. The van der Waals surface area contributed by atoms with Crippen LogP contribution < -0.4 is 5.32 Å². The largest absolute Gasteiger partial charge is 0.451 e. The number of fused-ring (bicyclic) bond motifs is 3. The summed E-state index contributed by atoms with van der Waals surface area (Å²) < 4.78 is 5.74. The molecule has 1 N–H and O–H groups in total. The Morgan fingerprint density at radius 3 is 2.40 bits per heavy atom. The molecule has 4 heterocycles. The number of rotatable bonds is 4. The number of nitrogens with zero attached hydrogens (tertiary/aromatic N) is 1. The second-order valence-electron chi connectivity index (χ2n) is 7.02. The minimum atomic E-state index is -0.148. The lowest BCUT2D eigenvalue weighted by molar-refractivity contribution is 0.0606. The van der Waals surface area contributed by atoms with Crippen LogP contribution in [-0.4, -0.2) is 42.3 Å². The second-order valence-corrected chi connectivity index (χ2v) is 7.02. The third-order valence-corrected chi connectivity index (χ3v) is 5.38. The van der Waals surface area contributed by atoms with Crippen LogP contribution in [0.25, 0.3) is 11.3 Å². The van der Waals surface area contributed by atoms with Crippen molar-refractivity contribution in [2.24, 2.45) is 5.92 Å². The molecule has 1 aromatic heterocycles. The molecule has 3 fully saturated rings. The Labute approximate surface area is 147 Å². The molecule has 2 aromatic rings. The van der Waals surface area contributed by atoms with Gasteiger partial charge in [-0.1, -0.05) is 24.3 Å². The number of amides is 1. The Morgan fingerprint density at radius 1 is 1.08 bits per heavy atom. The standard InChI is InChI=1S/C20H22N2O3/c1-13(23)14-2-4-16(5-3-14)18-6-7-19(25-18)20(24)21-17-12-22-10-8-15(17)9-11-22/h2-7,15,17H,8-12H2,1H3,(H,21,24)/t17-/m0/s1. The van der Waals surface area contributed by atoms with E-state index >= 15 is 0 Å². The number of furan rings is 1. The van der Waals surface area contributed by atoms with Crippen molar-refractivity contribution < 1.29 is 14.0 Å². The van der Waals surface area contributed by atoms with Crippen molar-refractivity contribution in [1.82, 2.24) is 10.2 Å². The quantitative estimate of drug-likeness (QED) is 0.871. The molecule has 2 bridgehead atoms. The maximum absolute atomic E-state index is 12.5. The zero-order chi connectivity index (χ0) is 17.4. The van der Waals surface area contributed by atoms with Gasteiger partial charge in [-0.15, -0.1) is 0 Å². The summed E-state index contributed by atoms with van der Waals surface area (Å²) in [7, 11) is 0. The number of Topliss-reactive ketones (excluding diaryl/α,β-unsaturated/α-hetero) is 1. The van der Waals surface area contributed by atoms with E-state index < -0.39 is 0 Å². The van der Waals surface area contributed by atoms with E-state index in [1.165, 1.54) is 0 Å². The van der Waals surface area contributed by atoms with E-state index in [-0.39, 0.29) is 17.7 Å². The average Bonchev–Trinajstić information content (AvgIpc) is 3.13. The van der Waals surface area contributed by atoms with E-state index in [1.54, 1.807) is 31.2 Å². The summed E-state index contributed by atoms with van der Waals surface area (Å²) in [6.45, 7) is 4.78. The number of carbonyl (C=O) groups excluding carboxylic acids is 2. The fourth-order valence-electron chi connectivity index (χ4n) is 3.85. The normalized spacial score (nSPS) is 24.9. The summed E-state index contributed by atoms with van der Waals surface area (Å²) in [4.78, 5) is 26.3. The van der Waals surface area contributed by atoms with E-state index in [1.807, 2.05) is 12.1 Å². The fourth-order valence-corrected chi connectivity index (χ4v) is 3.85. The minimum Gasteiger partial charge on any atom is -0.451 e. The molecule has 0 saturated carbocycles. The van der Waals surface area contributed by atoms with Crippen molar-refractivity contribution in [3.05, 3.63) is 47.7 Å². The number of hydrogen-bond acceptors (Lipinski definition) is 4. The van der Waals surface area contributed by atoms with Gasteiger partial charge in [-0.25, -0.2) is 0 Å². The second kappa shape index (κ2) is 6.48. The van der Waals surface area contributed by atoms with Crippen LogP contribution in [0.1, 0.15) is 40.7 Å². The molecule has 1 aromatic carbocycles. The summed E-state index contributed by atoms with van der Waals surface area (Å²) in [5.74, 6) is 1.44. The Balaban J connectivity index is 1.45. The molecule has 1 amide bonds. The fraction of sp³-hybridized carbons (Fsp3) is 0.400. The van der Waals surface area contributed by atoms with E-state index in [4.69, 9.17) is 4.42 Å². The number of piperidine rings is 3. The number of ketones is 1. The van der Waals surface area contributed by atoms with Crippen LogP contribution >= 0.6 is 0 Å². The molecule has 3 aliphatic rings. The van der Waals surface area contributed by atoms with Crippen molar-refractivity contribution in [2.45, 2.75) is 25.8 Å². The van der Waals surface area contributed by atoms with Crippen LogP contribution in [0.2, 0.25) is 0 Å². The molecule has 0 unspecified atom stereocenters. The Morgan fingerprint density at radius 2 is 1.80 bits per heavy atom. The molecular formula is C20H22N2O3. The first kappa shape index (κ1) is 16.1. The van der Waals surface area contributed by atoms with Gasteiger partial charge < -0.3 is 14.6 Å². The zero-order valence-corrected chi connectivity index (χ0v) is 14.3. The van der Waals surface area contributed by atoms with Gasteiger partial charge in [-0.3, -0.25) is 9.59 Å². The SMILES string of the molecule is CC(=O)c1ccc(-c2ccc(C(=O)N[C@H]3CN4CCC3CC4)o2)cc1. The highest BCUT2D eigenvalue weighted by Gasteiger charge is 2.35. The monoisotopic (exact) mass is 338 g/mol. The molecule has 0 aliphatic carbocycles. The van der Waals surface area contributed by atoms with Gasteiger partial charge in [0.25, 0.3) is 5.91 Å². The number of nitrogens with one attached hydrogen (secondary N) is 1. The van der Waals surface area contributed by atoms with Gasteiger partial charge in [0.1, 0.15) is 5.76 Å². The Hall–Kier alpha value is -2.40. The van der Waals surface area contributed by atoms with Crippen LogP contribution in [0.4, 0.5) is 0 Å². The van der Waals surface area contributed by atoms with Gasteiger partial charge in [-0.05, 0) is 50.9 Å². The molecule has 1 atom stereocenters. The molecule has 0 spiro atoms. The Bertz CT molecular complexity index is 786. The van der Waals surface area contributed by atoms with Crippen molar-refractivity contribution >= 4 is 11.7 Å². The van der Waals surface area contributed by atoms with E-state index in [2.05, 4.69) is 10.2 Å². The number of hydrogen-bond donors (Lipinski definition) is 1. The predicted molar refractivity (Wildman–Crippen MR) is 94.6 cm³/mol. The highest BCUT2D eigenvalue weighted by molar-refractivity contribution is 5.94. The first-order valence-electron chi connectivity index (χ1n) is 8.84. The number of benzene rings is 1. The third kappa shape index (κ3) is 3.24. The molecule has 3 aliphatic heterocycles. The van der Waals surface area contributed by atoms with Crippen molar-refractivity contribution in [2.75, 3.05) is 19.6 Å². The maximum Gasteiger partial charge on any atom is 0.287 e. The van der Waals surface area contributed by atoms with Crippen LogP contribution in [-0.2, 0) is 0 Å². The first-order chi connectivity index (χ1) is 12.1. The molecular weight excluding hydrogens is 316 g/mol. The molecule has 5 nitrogen and oxygen atoms in total. The zero-order valence-electron chi connectivity index (χ0n) is 14.3. The number of carbonyl (C=O) groups is 2. The van der Waals surface area contributed by atoms with Gasteiger partial charge in [0.15, 0.2) is 11.5 Å². The average molecular weight is 338 g/mol. The van der Waals surface area contributed by atoms with Gasteiger partial charge in [-0.2, -0.15) is 0 Å². The van der Waals surface area contributed by atoms with Crippen molar-refractivity contribution in [1.29, 1.82) is 0 Å². The van der Waals surface area contributed by atoms with Crippen molar-refractivity contribution in [3.8, 4) is 11.3 Å². The van der Waals surface area contributed by atoms with Crippen LogP contribution in [0, 0.1) is 5.92 Å². The topological polar surface area (TPSA) is 62.6 Å². The highest BCUT2D eigenvalue weighted by atomic mass is 16.3. The lowest BCUT2D eigenvalue weighted by Crippen LogP contribution is -2.57. The summed E-state index contributed by atoms with van der Waals surface area (Å²) in [6.07, 6.45) is 2.33. The summed E-state index contributed by atoms with van der Waals surface area (Å²) in [5.41, 5.74) is 1.52. The van der Waals surface area contributed by atoms with Crippen LogP contribution in [0.3, 0.4) is 0 Å². The third-order valence-electron chi connectivity index (χ3n) is 5.38. The van der Waals surface area contributed by atoms with Crippen LogP contribution in [0.5, 0.6) is 0 Å². The lowest BCUT2D eigenvalue weighted by atomic mass is 9.84. The lowest BCUT2D eigenvalue weighted by Gasteiger charge is -2.44. The summed E-state index contributed by atoms with van der Waals surface area (Å²) in [6, 6.07) is 11.0. The first-order valence-corrected chi connectivity index (χ1v) is 8.84. The molecule has 5 rings (SSSR count). The summed E-state index contributed by atoms with van der Waals surface area (Å²) in [5, 5.41) is 3.14. The predicted octanol–water partition coefficient (Wildman–Crippen LogP) is 2.97. The maximum atomic E-state index is 12.5. The van der Waals surface area contributed by atoms with E-state index in [0.717, 1.165) is 38.0 Å². The molecule has 0 radical (unpaired) electrons.